The van der Waals surface area contributed by atoms with E-state index in [-0.39, 0.29) is 5.91 Å². The molecule has 0 bridgehead atoms. The lowest BCUT2D eigenvalue weighted by molar-refractivity contribution is -0.122. The molecule has 0 aliphatic carbocycles. The van der Waals surface area contributed by atoms with Gasteiger partial charge in [-0.15, -0.1) is 0 Å². The number of benzene rings is 1. The van der Waals surface area contributed by atoms with Crippen molar-refractivity contribution in [3.63, 3.8) is 0 Å². The van der Waals surface area contributed by atoms with Gasteiger partial charge in [0.05, 0.1) is 4.91 Å². The van der Waals surface area contributed by atoms with E-state index < -0.39 is 0 Å². The number of hydrazine groups is 1. The zero-order valence-corrected chi connectivity index (χ0v) is 11.2. The van der Waals surface area contributed by atoms with Crippen LogP contribution in [0, 0.1) is 0 Å². The minimum absolute atomic E-state index is 0.255. The fraction of sp³-hybridized carbons (Fsp3) is 0. The summed E-state index contributed by atoms with van der Waals surface area (Å²) in [6, 6.07) is 7.65. The molecular weight excluding hydrogens is 308 g/mol. The van der Waals surface area contributed by atoms with E-state index in [0.717, 1.165) is 15.0 Å². The molecule has 2 N–H and O–H groups in total. The third kappa shape index (κ3) is 2.35. The van der Waals surface area contributed by atoms with Crippen LogP contribution in [0.25, 0.3) is 6.08 Å². The Morgan fingerprint density at radius 3 is 2.81 bits per heavy atom. The van der Waals surface area contributed by atoms with Crippen LogP contribution in [0.5, 0.6) is 0 Å². The summed E-state index contributed by atoms with van der Waals surface area (Å²) in [5, 5.41) is 0.990. The van der Waals surface area contributed by atoms with Gasteiger partial charge in [0.25, 0.3) is 5.91 Å². The van der Waals surface area contributed by atoms with Gasteiger partial charge in [-0.3, -0.25) is 4.79 Å². The molecule has 1 amide bonds. The van der Waals surface area contributed by atoms with Gasteiger partial charge in [0, 0.05) is 4.47 Å². The van der Waals surface area contributed by atoms with Gasteiger partial charge in [-0.05, 0) is 23.8 Å². The summed E-state index contributed by atoms with van der Waals surface area (Å²) in [5.74, 6) is 5.21. The number of carbonyl (C=O) groups is 1. The number of thiocarbonyl (C=S) groups is 1. The maximum Gasteiger partial charge on any atom is 0.280 e. The molecule has 0 unspecified atom stereocenters. The first-order valence-corrected chi connectivity index (χ1v) is 6.38. The molecule has 16 heavy (non-hydrogen) atoms. The molecule has 0 spiro atoms. The zero-order chi connectivity index (χ0) is 11.7. The van der Waals surface area contributed by atoms with Crippen LogP contribution in [0.2, 0.25) is 0 Å². The first-order valence-electron chi connectivity index (χ1n) is 4.36. The highest BCUT2D eigenvalue weighted by Gasteiger charge is 2.29. The third-order valence-electron chi connectivity index (χ3n) is 1.97. The third-order valence-corrected chi connectivity index (χ3v) is 3.79. The van der Waals surface area contributed by atoms with Crippen LogP contribution in [0.4, 0.5) is 0 Å². The average Bonchev–Trinajstić information content (AvgIpc) is 2.47. The van der Waals surface area contributed by atoms with E-state index in [2.05, 4.69) is 15.9 Å². The molecule has 1 aromatic rings. The van der Waals surface area contributed by atoms with Gasteiger partial charge in [-0.2, -0.15) is 0 Å². The number of rotatable bonds is 1. The van der Waals surface area contributed by atoms with Gasteiger partial charge < -0.3 is 0 Å². The van der Waals surface area contributed by atoms with Crippen LogP contribution in [0.3, 0.4) is 0 Å². The number of halogens is 1. The summed E-state index contributed by atoms with van der Waals surface area (Å²) >= 11 is 9.51. The Morgan fingerprint density at radius 1 is 1.50 bits per heavy atom. The standard InChI is InChI=1S/C10H7BrN2OS2/c11-7-3-1-2-6(4-7)5-8-9(14)13(12)10(15)16-8/h1-5H,12H2/b8-5-. The number of nitrogens with two attached hydrogens (primary N) is 1. The highest BCUT2D eigenvalue weighted by atomic mass is 79.9. The van der Waals surface area contributed by atoms with Gasteiger partial charge in [0.15, 0.2) is 4.32 Å². The molecule has 1 aromatic carbocycles. The lowest BCUT2D eigenvalue weighted by atomic mass is 10.2. The molecule has 3 nitrogen and oxygen atoms in total. The summed E-state index contributed by atoms with van der Waals surface area (Å²) in [6.45, 7) is 0. The quantitative estimate of drug-likeness (QED) is 0.374. The highest BCUT2D eigenvalue weighted by Crippen LogP contribution is 2.30. The van der Waals surface area contributed by atoms with Crippen molar-refractivity contribution in [1.82, 2.24) is 5.01 Å². The highest BCUT2D eigenvalue weighted by molar-refractivity contribution is 9.10. The molecule has 0 atom stereocenters. The van der Waals surface area contributed by atoms with Gasteiger partial charge in [0.1, 0.15) is 0 Å². The molecule has 0 radical (unpaired) electrons. The average molecular weight is 315 g/mol. The Balaban J connectivity index is 2.33. The Bertz CT molecular complexity index is 501. The van der Waals surface area contributed by atoms with E-state index in [1.165, 1.54) is 11.8 Å². The van der Waals surface area contributed by atoms with Crippen molar-refractivity contribution >= 4 is 56.2 Å². The molecule has 82 valence electrons. The Morgan fingerprint density at radius 2 is 2.25 bits per heavy atom. The lowest BCUT2D eigenvalue weighted by Gasteiger charge is -2.02. The molecule has 0 aromatic heterocycles. The monoisotopic (exact) mass is 314 g/mol. The van der Waals surface area contributed by atoms with Crippen molar-refractivity contribution in [1.29, 1.82) is 0 Å². The fourth-order valence-corrected chi connectivity index (χ4v) is 2.75. The van der Waals surface area contributed by atoms with E-state index in [1.807, 2.05) is 24.3 Å². The van der Waals surface area contributed by atoms with Crippen molar-refractivity contribution in [2.24, 2.45) is 5.84 Å². The van der Waals surface area contributed by atoms with Crippen molar-refractivity contribution < 1.29 is 4.79 Å². The summed E-state index contributed by atoms with van der Waals surface area (Å²) in [5.41, 5.74) is 0.934. The molecule has 1 aliphatic heterocycles. The number of carbonyl (C=O) groups excluding carboxylic acids is 1. The van der Waals surface area contributed by atoms with Crippen LogP contribution in [-0.2, 0) is 4.79 Å². The van der Waals surface area contributed by atoms with Gasteiger partial charge >= 0.3 is 0 Å². The number of hydrogen-bond donors (Lipinski definition) is 1. The molecule has 1 fully saturated rings. The lowest BCUT2D eigenvalue weighted by Crippen LogP contribution is -2.34. The predicted octanol–water partition coefficient (Wildman–Crippen LogP) is 2.52. The first kappa shape index (κ1) is 11.8. The molecule has 1 aliphatic rings. The fourth-order valence-electron chi connectivity index (χ4n) is 1.23. The van der Waals surface area contributed by atoms with Crippen molar-refractivity contribution in [2.45, 2.75) is 0 Å². The predicted molar refractivity (Wildman–Crippen MR) is 73.3 cm³/mol. The van der Waals surface area contributed by atoms with Crippen LogP contribution in [-0.4, -0.2) is 15.2 Å². The van der Waals surface area contributed by atoms with Gasteiger partial charge in [0.2, 0.25) is 0 Å². The summed E-state index contributed by atoms with van der Waals surface area (Å²) in [7, 11) is 0. The molecule has 2 rings (SSSR count). The number of nitrogens with zero attached hydrogens (tertiary/aromatic N) is 1. The summed E-state index contributed by atoms with van der Waals surface area (Å²) < 4.78 is 1.34. The molecular formula is C10H7BrN2OS2. The molecule has 1 saturated heterocycles. The summed E-state index contributed by atoms with van der Waals surface area (Å²) in [4.78, 5) is 12.2. The van der Waals surface area contributed by atoms with E-state index in [4.69, 9.17) is 18.1 Å². The van der Waals surface area contributed by atoms with E-state index in [1.54, 1.807) is 6.08 Å². The number of amides is 1. The Labute approximate surface area is 111 Å². The SMILES string of the molecule is NN1C(=O)/C(=C/c2cccc(Br)c2)SC1=S. The largest absolute Gasteiger partial charge is 0.280 e. The van der Waals surface area contributed by atoms with Gasteiger partial charge in [-0.25, -0.2) is 10.9 Å². The van der Waals surface area contributed by atoms with Crippen molar-refractivity contribution in [2.75, 3.05) is 0 Å². The second-order valence-corrected chi connectivity index (χ2v) is 5.70. The zero-order valence-electron chi connectivity index (χ0n) is 8.01. The smallest absolute Gasteiger partial charge is 0.267 e. The molecule has 6 heteroatoms. The first-order chi connectivity index (χ1) is 7.58. The Hall–Kier alpha value is -0.690. The maximum absolute atomic E-state index is 11.6. The van der Waals surface area contributed by atoms with E-state index in [9.17, 15) is 4.79 Å². The van der Waals surface area contributed by atoms with Gasteiger partial charge in [-0.1, -0.05) is 52.0 Å². The minimum atomic E-state index is -0.255. The number of thioether (sulfide) groups is 1. The van der Waals surface area contributed by atoms with Crippen LogP contribution in [0.15, 0.2) is 33.6 Å². The minimum Gasteiger partial charge on any atom is -0.267 e. The second-order valence-electron chi connectivity index (χ2n) is 3.11. The molecule has 1 heterocycles. The maximum atomic E-state index is 11.6. The normalized spacial score (nSPS) is 18.6. The topological polar surface area (TPSA) is 46.3 Å². The van der Waals surface area contributed by atoms with E-state index in [0.29, 0.717) is 9.23 Å². The summed E-state index contributed by atoms with van der Waals surface area (Å²) in [6.07, 6.45) is 1.77. The van der Waals surface area contributed by atoms with Crippen LogP contribution in [0.1, 0.15) is 5.56 Å². The molecule has 0 saturated carbocycles. The Kier molecular flexibility index (Phi) is 3.44. The number of hydrogen-bond acceptors (Lipinski definition) is 4. The van der Waals surface area contributed by atoms with Crippen molar-refractivity contribution in [3.8, 4) is 0 Å². The van der Waals surface area contributed by atoms with E-state index >= 15 is 0 Å². The second kappa shape index (κ2) is 4.67. The van der Waals surface area contributed by atoms with Crippen LogP contribution >= 0.6 is 39.9 Å². The van der Waals surface area contributed by atoms with Crippen LogP contribution < -0.4 is 5.84 Å². The van der Waals surface area contributed by atoms with Crippen molar-refractivity contribution in [3.05, 3.63) is 39.2 Å².